The van der Waals surface area contributed by atoms with Crippen LogP contribution in [0.2, 0.25) is 5.02 Å². The Hall–Kier alpha value is -10.0. The summed E-state index contributed by atoms with van der Waals surface area (Å²) >= 11 is 6.32. The third-order valence-electron chi connectivity index (χ3n) is 23.2. The van der Waals surface area contributed by atoms with Gasteiger partial charge in [-0.05, 0) is 106 Å². The number of benzene rings is 4. The standard InChI is InChI=1S/C79H98ClN13O16S2/c1-46-79(3)77(105)93(46)63(39-49-42-81-57-27-16-14-23-52(49)57)70(98)84-60(75(103)92-34-18-11-19-35-92)40-64(94)85-66-56(45-111(9,108)109)67(86-72(66)100)76(104)90(6)62(37-47-21-12-10-13-22-47)71(99)87-78(2,41-50-43-82-58-28-17-15-24-53(50)58)68(96)54-25-20-26-55(54)73(101)88(4)44-65(95)89(5)61(38-48-29-31-51(80)32-30-48)69(97)83-59(74(102)91(79)7)33-36-110(8,106)107/h10,12-17,21-24,27-32,42-43,46,54-56,59-63,66-67,81-82H,11,18-20,25-26,33-41,44-45H2,1-9H3,(H,83,97)(H,84,98)(H,85,94)(H,86,100)(H,87,99)/t46?,54?,55-,56?,59+,60+,61+,62+,63+,66+,67+,78+,79+/m1/s1. The fourth-order valence-electron chi connectivity index (χ4n) is 16.6. The van der Waals surface area contributed by atoms with Crippen LogP contribution in [0.15, 0.2) is 116 Å². The first-order chi connectivity index (χ1) is 52.5. The first kappa shape index (κ1) is 82.0. The van der Waals surface area contributed by atoms with Crippen LogP contribution in [-0.4, -0.2) is 258 Å². The van der Waals surface area contributed by atoms with Crippen molar-refractivity contribution in [1.82, 2.24) is 66.0 Å². The number of para-hydroxylation sites is 2. The number of nitrogens with one attached hydrogen (secondary N) is 7. The lowest BCUT2D eigenvalue weighted by Gasteiger charge is -2.59. The van der Waals surface area contributed by atoms with Crippen LogP contribution in [0.5, 0.6) is 0 Å². The molecule has 594 valence electrons. The van der Waals surface area contributed by atoms with Crippen molar-refractivity contribution in [3.8, 4) is 0 Å². The van der Waals surface area contributed by atoms with Gasteiger partial charge < -0.3 is 66.0 Å². The molecule has 5 saturated heterocycles. The quantitative estimate of drug-likeness (QED) is 0.0609. The maximum Gasteiger partial charge on any atom is 0.251 e. The van der Waals surface area contributed by atoms with Crippen LogP contribution in [0.4, 0.5) is 0 Å². The molecule has 29 nitrogen and oxygen atoms in total. The summed E-state index contributed by atoms with van der Waals surface area (Å²) < 4.78 is 53.3. The number of ketones is 1. The van der Waals surface area contributed by atoms with Gasteiger partial charge in [-0.25, -0.2) is 16.8 Å². The van der Waals surface area contributed by atoms with E-state index in [0.29, 0.717) is 68.3 Å². The number of amides is 11. The van der Waals surface area contributed by atoms with E-state index in [2.05, 4.69) is 36.6 Å². The highest BCUT2D eigenvalue weighted by molar-refractivity contribution is 7.90. The number of hydrogen-bond acceptors (Lipinski definition) is 16. The Morgan fingerprint density at radius 1 is 0.577 bits per heavy atom. The molecule has 1 aliphatic carbocycles. The normalized spacial score (nSPS) is 27.9. The van der Waals surface area contributed by atoms with Crippen LogP contribution in [0.3, 0.4) is 0 Å². The van der Waals surface area contributed by atoms with Crippen molar-refractivity contribution in [2.75, 3.05) is 71.8 Å². The Balaban J connectivity index is 1.01. The van der Waals surface area contributed by atoms with Crippen molar-refractivity contribution in [2.24, 2.45) is 17.8 Å². The maximum atomic E-state index is 16.0. The molecule has 7 heterocycles. The molecule has 32 heteroatoms. The van der Waals surface area contributed by atoms with E-state index in [9.17, 15) is 31.2 Å². The van der Waals surface area contributed by atoms with Gasteiger partial charge in [0.05, 0.1) is 30.5 Å². The smallest absolute Gasteiger partial charge is 0.251 e. The third-order valence-corrected chi connectivity index (χ3v) is 25.4. The van der Waals surface area contributed by atoms with Crippen molar-refractivity contribution in [3.63, 3.8) is 0 Å². The van der Waals surface area contributed by atoms with Gasteiger partial charge in [0.1, 0.15) is 73.0 Å². The summed E-state index contributed by atoms with van der Waals surface area (Å²) in [5, 5.41) is 15.5. The topological polar surface area (TPSA) is 384 Å². The number of β-lactam (4-membered cyclic amide) rings is 1. The van der Waals surface area contributed by atoms with Crippen LogP contribution in [0, 0.1) is 17.8 Å². The van der Waals surface area contributed by atoms with Gasteiger partial charge in [0.25, 0.3) is 5.91 Å². The summed E-state index contributed by atoms with van der Waals surface area (Å²) in [6.45, 7) is 4.37. The summed E-state index contributed by atoms with van der Waals surface area (Å²) in [6.07, 6.45) is 5.63. The van der Waals surface area contributed by atoms with Crippen LogP contribution in [0.25, 0.3) is 21.8 Å². The van der Waals surface area contributed by atoms with Crippen LogP contribution in [-0.2, 0) is 103 Å². The van der Waals surface area contributed by atoms with Gasteiger partial charge in [0, 0.05) is 136 Å². The molecule has 1 saturated carbocycles. The van der Waals surface area contributed by atoms with E-state index >= 15 is 43.2 Å². The molecular formula is C79H98ClN13O16S2. The Morgan fingerprint density at radius 3 is 1.77 bits per heavy atom. The number of carbonyl (C=O) groups excluding carboxylic acids is 12. The molecule has 5 aliphatic heterocycles. The lowest BCUT2D eigenvalue weighted by Crippen LogP contribution is -2.81. The van der Waals surface area contributed by atoms with E-state index in [1.54, 1.807) is 104 Å². The zero-order chi connectivity index (χ0) is 80.3. The molecule has 111 heavy (non-hydrogen) atoms. The van der Waals surface area contributed by atoms with Crippen LogP contribution in [0.1, 0.15) is 94.4 Å². The average Bonchev–Trinajstić information content (AvgIpc) is 1.24. The molecule has 3 unspecified atom stereocenters. The second-order valence-corrected chi connectivity index (χ2v) is 35.9. The number of likely N-dealkylation sites (N-methyl/N-ethyl adjacent to an activating group) is 4. The largest absolute Gasteiger partial charge is 0.361 e. The first-order valence-electron chi connectivity index (χ1n) is 37.4. The molecular weight excluding hydrogens is 1490 g/mol. The number of piperidine rings is 1. The predicted octanol–water partition coefficient (Wildman–Crippen LogP) is 2.83. The summed E-state index contributed by atoms with van der Waals surface area (Å²) in [7, 11) is -2.75. The van der Waals surface area contributed by atoms with Crippen molar-refractivity contribution in [3.05, 3.63) is 143 Å². The van der Waals surface area contributed by atoms with Gasteiger partial charge in [0.2, 0.25) is 59.1 Å². The Morgan fingerprint density at radius 2 is 1.15 bits per heavy atom. The van der Waals surface area contributed by atoms with Gasteiger partial charge in [-0.2, -0.15) is 0 Å². The van der Waals surface area contributed by atoms with Gasteiger partial charge in [-0.1, -0.05) is 96.9 Å². The van der Waals surface area contributed by atoms with Crippen molar-refractivity contribution >= 4 is 124 Å². The molecule has 7 N–H and O–H groups in total. The number of carbonyl (C=O) groups is 12. The fraction of sp³-hybridized carbons (Fsp3) is 0.494. The van der Waals surface area contributed by atoms with E-state index in [-0.39, 0.29) is 51.6 Å². The Labute approximate surface area is 650 Å². The highest BCUT2D eigenvalue weighted by Crippen LogP contribution is 2.41. The van der Waals surface area contributed by atoms with Crippen molar-refractivity contribution in [2.45, 2.75) is 157 Å². The predicted molar refractivity (Wildman–Crippen MR) is 414 cm³/mol. The summed E-state index contributed by atoms with van der Waals surface area (Å²) in [5.74, 6) is -15.3. The minimum Gasteiger partial charge on any atom is -0.361 e. The second-order valence-electron chi connectivity index (χ2n) is 31.0. The van der Waals surface area contributed by atoms with E-state index in [4.69, 9.17) is 11.6 Å². The SMILES string of the molecule is CC1N2C(=O)[C@@]1(C)N(C)C(=O)[C@H](CCS(C)(=O)=O)NC(=O)[C@H](Cc1ccc(Cl)cc1)N(C)C(=O)CN(C)C(=O)[C@@H]1CCCC1C(=O)[C@](C)(Cc1c[nH]c3ccccc13)NC(=O)[C@H](Cc1ccccc1)N(C)C(=O)[C@H]1NC(=O)[C@@H](NC(=O)C[C@@H](C(=O)N3CCCCC3)NC(=O)[C@@H]2Cc2c[nH]c3ccccc23)C1CS(C)(=O)=O. The number of sulfone groups is 2. The highest BCUT2D eigenvalue weighted by Gasteiger charge is 2.63. The monoisotopic (exact) mass is 1580 g/mol. The van der Waals surface area contributed by atoms with Crippen LogP contribution < -0.4 is 26.6 Å². The molecule has 6 aliphatic rings. The molecule has 13 atom stereocenters. The molecule has 2 aromatic heterocycles. The number of fused-ring (bicyclic) bond motifs is 24. The summed E-state index contributed by atoms with van der Waals surface area (Å²) in [6, 6.07) is 16.9. The maximum absolute atomic E-state index is 16.0. The molecule has 6 aromatic rings. The number of halogens is 1. The Bertz CT molecular complexity index is 4840. The molecule has 0 spiro atoms. The van der Waals surface area contributed by atoms with Gasteiger partial charge in [-0.15, -0.1) is 0 Å². The van der Waals surface area contributed by atoms with Gasteiger partial charge in [-0.3, -0.25) is 57.5 Å². The van der Waals surface area contributed by atoms with Crippen LogP contribution >= 0.6 is 11.6 Å². The third kappa shape index (κ3) is 18.0. The van der Waals surface area contributed by atoms with E-state index < -0.39 is 198 Å². The minimum absolute atomic E-state index is 0.160. The van der Waals surface area contributed by atoms with E-state index in [1.165, 1.54) is 51.8 Å². The van der Waals surface area contributed by atoms with Crippen molar-refractivity contribution in [1.29, 1.82) is 0 Å². The lowest BCUT2D eigenvalue weighted by molar-refractivity contribution is -0.184. The average molecular weight is 1590 g/mol. The molecule has 4 bridgehead atoms. The zero-order valence-corrected chi connectivity index (χ0v) is 66.1. The summed E-state index contributed by atoms with van der Waals surface area (Å²) in [5.41, 5.74) is -0.173. The highest BCUT2D eigenvalue weighted by atomic mass is 35.5. The number of hydrogen-bond donors (Lipinski definition) is 7. The molecule has 11 amide bonds. The minimum atomic E-state index is -4.15. The molecule has 6 fully saturated rings. The molecule has 4 aromatic carbocycles. The second kappa shape index (κ2) is 33.5. The first-order valence-corrected chi connectivity index (χ1v) is 41.9. The van der Waals surface area contributed by atoms with Gasteiger partial charge in [0.15, 0.2) is 5.78 Å². The Kier molecular flexibility index (Phi) is 24.7. The number of Topliss-reactive ketones (excluding diaryl/α,β-unsaturated/α-hetero) is 1. The zero-order valence-electron chi connectivity index (χ0n) is 63.8. The number of H-pyrrole nitrogens is 2. The van der Waals surface area contributed by atoms with Crippen molar-refractivity contribution < 1.29 is 74.4 Å². The number of aromatic nitrogens is 2. The number of nitrogens with zero attached hydrogens (tertiary/aromatic N) is 6. The van der Waals surface area contributed by atoms with E-state index in [1.807, 2.05) is 18.2 Å². The molecule has 12 rings (SSSR count). The lowest BCUT2D eigenvalue weighted by atomic mass is 9.77. The summed E-state index contributed by atoms with van der Waals surface area (Å²) in [4.78, 5) is 197. The molecule has 0 radical (unpaired) electrons. The fourth-order valence-corrected chi connectivity index (χ4v) is 18.5. The van der Waals surface area contributed by atoms with Gasteiger partial charge >= 0.3 is 0 Å². The number of rotatable bonds is 14. The van der Waals surface area contributed by atoms with E-state index in [0.717, 1.165) is 38.5 Å². The number of likely N-dealkylation sites (tertiary alicyclic amines) is 1. The number of aromatic amines is 2.